The maximum Gasteiger partial charge on any atom is 0.176 e. The van der Waals surface area contributed by atoms with Gasteiger partial charge < -0.3 is 4.23 Å². The Bertz CT molecular complexity index is 531. The van der Waals surface area contributed by atoms with E-state index in [1.807, 2.05) is 0 Å². The zero-order valence-corrected chi connectivity index (χ0v) is 12.4. The van der Waals surface area contributed by atoms with Gasteiger partial charge in [0.15, 0.2) is 19.4 Å². The van der Waals surface area contributed by atoms with Crippen molar-refractivity contribution in [3.05, 3.63) is 36.4 Å². The van der Waals surface area contributed by atoms with E-state index in [0.29, 0.717) is 0 Å². The average molecular weight is 253 g/mol. The Hall–Kier alpha value is -0.906. The van der Waals surface area contributed by atoms with Crippen molar-refractivity contribution in [2.45, 2.75) is 26.3 Å². The van der Waals surface area contributed by atoms with Crippen LogP contribution in [0, 0.1) is 0 Å². The molecule has 84 valence electrons. The molecule has 4 radical (unpaired) electrons. The van der Waals surface area contributed by atoms with E-state index in [1.165, 1.54) is 21.1 Å². The van der Waals surface area contributed by atoms with Crippen LogP contribution in [0.5, 0.6) is 0 Å². The molecular formula is C14H15NSi2. The molecule has 0 N–H and O–H groups in total. The molecule has 1 heterocycles. The number of hydrogen-bond donors (Lipinski definition) is 0. The van der Waals surface area contributed by atoms with Gasteiger partial charge in [-0.2, -0.15) is 0 Å². The highest BCUT2D eigenvalue weighted by Gasteiger charge is 2.28. The molecule has 2 aromatic rings. The minimum absolute atomic E-state index is 0.257. The van der Waals surface area contributed by atoms with Crippen molar-refractivity contribution in [3.8, 4) is 0 Å². The minimum Gasteiger partial charge on any atom is -0.337 e. The standard InChI is InChI=1S/C14H15NSi2/c1-14(2,3)15-16-11-8-4-6-10-7-5-9-12(17-15)13(10)11/h4-9H,1-3H3. The van der Waals surface area contributed by atoms with Crippen LogP contribution in [-0.4, -0.2) is 29.1 Å². The second-order valence-corrected chi connectivity index (χ2v) is 8.31. The lowest BCUT2D eigenvalue weighted by Gasteiger charge is -2.38. The van der Waals surface area contributed by atoms with E-state index in [1.54, 1.807) is 0 Å². The average Bonchev–Trinajstić information content (AvgIpc) is 2.28. The van der Waals surface area contributed by atoms with Gasteiger partial charge in [0.1, 0.15) is 0 Å². The summed E-state index contributed by atoms with van der Waals surface area (Å²) in [5.41, 5.74) is 0.257. The van der Waals surface area contributed by atoms with Crippen molar-refractivity contribution in [2.75, 3.05) is 0 Å². The SMILES string of the molecule is CC(C)(C)N1[Si]c2cccc3cccc(c23)[Si]1. The molecule has 0 aliphatic carbocycles. The van der Waals surface area contributed by atoms with Gasteiger partial charge >= 0.3 is 0 Å². The van der Waals surface area contributed by atoms with Crippen molar-refractivity contribution >= 4 is 40.5 Å². The zero-order valence-electron chi connectivity index (χ0n) is 10.4. The first-order chi connectivity index (χ1) is 8.05. The topological polar surface area (TPSA) is 3.24 Å². The first-order valence-corrected chi connectivity index (χ1v) is 7.80. The van der Waals surface area contributed by atoms with Gasteiger partial charge in [-0.3, -0.25) is 0 Å². The lowest BCUT2D eigenvalue weighted by molar-refractivity contribution is 0.380. The Morgan fingerprint density at radius 1 is 0.882 bits per heavy atom. The van der Waals surface area contributed by atoms with Crippen LogP contribution in [0.2, 0.25) is 0 Å². The largest absolute Gasteiger partial charge is 0.337 e. The molecule has 1 nitrogen and oxygen atoms in total. The first-order valence-electron chi connectivity index (χ1n) is 5.91. The summed E-state index contributed by atoms with van der Waals surface area (Å²) in [6.07, 6.45) is 0. The number of hydrogen-bond acceptors (Lipinski definition) is 1. The highest BCUT2D eigenvalue weighted by Crippen LogP contribution is 2.17. The third-order valence-electron chi connectivity index (χ3n) is 3.04. The number of benzene rings is 2. The normalized spacial score (nSPS) is 16.4. The molecule has 0 saturated heterocycles. The molecule has 0 spiro atoms. The van der Waals surface area contributed by atoms with Crippen LogP contribution < -0.4 is 10.4 Å². The molecule has 0 saturated carbocycles. The molecule has 17 heavy (non-hydrogen) atoms. The van der Waals surface area contributed by atoms with Crippen molar-refractivity contribution in [1.82, 2.24) is 4.23 Å². The summed E-state index contributed by atoms with van der Waals surface area (Å²) >= 11 is 0. The van der Waals surface area contributed by atoms with Crippen molar-refractivity contribution in [2.24, 2.45) is 0 Å². The van der Waals surface area contributed by atoms with E-state index in [2.05, 4.69) is 61.4 Å². The smallest absolute Gasteiger partial charge is 0.176 e. The Kier molecular flexibility index (Phi) is 2.50. The van der Waals surface area contributed by atoms with Crippen LogP contribution in [0.1, 0.15) is 20.8 Å². The van der Waals surface area contributed by atoms with Gasteiger partial charge in [-0.15, -0.1) is 0 Å². The van der Waals surface area contributed by atoms with Gasteiger partial charge in [-0.25, -0.2) is 0 Å². The van der Waals surface area contributed by atoms with Gasteiger partial charge in [0, 0.05) is 0 Å². The van der Waals surface area contributed by atoms with E-state index in [4.69, 9.17) is 0 Å². The zero-order chi connectivity index (χ0) is 12.0. The van der Waals surface area contributed by atoms with E-state index >= 15 is 0 Å². The maximum absolute atomic E-state index is 2.60. The first kappa shape index (κ1) is 11.2. The quantitative estimate of drug-likeness (QED) is 0.642. The summed E-state index contributed by atoms with van der Waals surface area (Å²) in [7, 11) is 1.61. The van der Waals surface area contributed by atoms with Gasteiger partial charge in [0.05, 0.1) is 0 Å². The van der Waals surface area contributed by atoms with Gasteiger partial charge in [-0.05, 0) is 47.5 Å². The summed E-state index contributed by atoms with van der Waals surface area (Å²) in [4.78, 5) is 0. The molecule has 3 heteroatoms. The van der Waals surface area contributed by atoms with E-state index in [0.717, 1.165) is 19.4 Å². The Balaban J connectivity index is 2.17. The highest BCUT2D eigenvalue weighted by atomic mass is 28.3. The highest BCUT2D eigenvalue weighted by molar-refractivity contribution is 6.74. The van der Waals surface area contributed by atoms with Crippen LogP contribution in [0.15, 0.2) is 36.4 Å². The third kappa shape index (κ3) is 1.88. The van der Waals surface area contributed by atoms with Crippen LogP contribution >= 0.6 is 0 Å². The number of rotatable bonds is 0. The van der Waals surface area contributed by atoms with Crippen molar-refractivity contribution in [3.63, 3.8) is 0 Å². The van der Waals surface area contributed by atoms with Crippen LogP contribution in [0.4, 0.5) is 0 Å². The van der Waals surface area contributed by atoms with Crippen LogP contribution in [-0.2, 0) is 0 Å². The van der Waals surface area contributed by atoms with Gasteiger partial charge in [0.25, 0.3) is 0 Å². The summed E-state index contributed by atoms with van der Waals surface area (Å²) in [5, 5.41) is 5.92. The predicted molar refractivity (Wildman–Crippen MR) is 76.3 cm³/mol. The van der Waals surface area contributed by atoms with Gasteiger partial charge in [-0.1, -0.05) is 36.4 Å². The molecule has 0 fully saturated rings. The Morgan fingerprint density at radius 3 is 1.88 bits per heavy atom. The molecule has 1 aliphatic rings. The molecule has 0 atom stereocenters. The fraction of sp³-hybridized carbons (Fsp3) is 0.286. The molecule has 0 bridgehead atoms. The number of nitrogens with zero attached hydrogens (tertiary/aromatic N) is 1. The summed E-state index contributed by atoms with van der Waals surface area (Å²) < 4.78 is 2.60. The van der Waals surface area contributed by atoms with E-state index in [9.17, 15) is 0 Å². The minimum atomic E-state index is 0.257. The molecule has 0 amide bonds. The molecule has 3 rings (SSSR count). The lowest BCUT2D eigenvalue weighted by atomic mass is 10.1. The fourth-order valence-corrected chi connectivity index (χ4v) is 5.48. The predicted octanol–water partition coefficient (Wildman–Crippen LogP) is 1.44. The van der Waals surface area contributed by atoms with E-state index in [-0.39, 0.29) is 5.54 Å². The van der Waals surface area contributed by atoms with Gasteiger partial charge in [0.2, 0.25) is 0 Å². The molecule has 2 aromatic carbocycles. The molecule has 0 aromatic heterocycles. The Labute approximate surface area is 108 Å². The maximum atomic E-state index is 2.60. The monoisotopic (exact) mass is 253 g/mol. The summed E-state index contributed by atoms with van der Waals surface area (Å²) in [5.74, 6) is 0. The fourth-order valence-electron chi connectivity index (χ4n) is 2.13. The molecule has 0 unspecified atom stereocenters. The third-order valence-corrected chi connectivity index (χ3v) is 6.81. The summed E-state index contributed by atoms with van der Waals surface area (Å²) in [6.45, 7) is 6.92. The van der Waals surface area contributed by atoms with Crippen molar-refractivity contribution in [1.29, 1.82) is 0 Å². The Morgan fingerprint density at radius 2 is 1.41 bits per heavy atom. The van der Waals surface area contributed by atoms with Crippen LogP contribution in [0.25, 0.3) is 10.8 Å². The van der Waals surface area contributed by atoms with Crippen molar-refractivity contribution < 1.29 is 0 Å². The second-order valence-electron chi connectivity index (χ2n) is 5.44. The summed E-state index contributed by atoms with van der Waals surface area (Å²) in [6, 6.07) is 13.4. The lowest BCUT2D eigenvalue weighted by Crippen LogP contribution is -2.57. The second kappa shape index (κ2) is 3.80. The molecular weight excluding hydrogens is 238 g/mol. The van der Waals surface area contributed by atoms with E-state index < -0.39 is 0 Å². The van der Waals surface area contributed by atoms with Crippen LogP contribution in [0.3, 0.4) is 0 Å². The molecule has 1 aliphatic heterocycles.